The van der Waals surface area contributed by atoms with Gasteiger partial charge in [0.15, 0.2) is 0 Å². The minimum Gasteiger partial charge on any atom is -0.367 e. The third kappa shape index (κ3) is 5.09. The second kappa shape index (κ2) is 7.98. The fourth-order valence-electron chi connectivity index (χ4n) is 0.724. The van der Waals surface area contributed by atoms with E-state index in [0.29, 0.717) is 6.54 Å². The Morgan fingerprint density at radius 1 is 1.79 bits per heavy atom. The molecular weight excluding hydrogens is 178 g/mol. The normalized spacial score (nSPS) is 13.6. The molecule has 0 aromatic heterocycles. The first-order valence-corrected chi connectivity index (χ1v) is 4.25. The molecule has 0 aliphatic rings. The zero-order valence-electron chi connectivity index (χ0n) is 8.20. The summed E-state index contributed by atoms with van der Waals surface area (Å²) in [5, 5.41) is 14.3. The van der Waals surface area contributed by atoms with Gasteiger partial charge in [-0.2, -0.15) is 5.26 Å². The molecule has 0 spiro atoms. The van der Waals surface area contributed by atoms with Gasteiger partial charge in [0.05, 0.1) is 0 Å². The molecule has 76 valence electrons. The van der Waals surface area contributed by atoms with Gasteiger partial charge >= 0.3 is 0 Å². The molecule has 0 heterocycles. The Labute approximate surface area is 84.0 Å². The molecule has 0 fully saturated rings. The van der Waals surface area contributed by atoms with E-state index in [4.69, 9.17) is 11.0 Å². The molecule has 0 saturated carbocycles. The summed E-state index contributed by atoms with van der Waals surface area (Å²) in [7, 11) is 0. The van der Waals surface area contributed by atoms with Gasteiger partial charge in [-0.25, -0.2) is 4.99 Å². The first-order valence-electron chi connectivity index (χ1n) is 4.25. The van der Waals surface area contributed by atoms with Crippen LogP contribution in [0, 0.1) is 11.3 Å². The Morgan fingerprint density at radius 2 is 2.50 bits per heavy atom. The molecule has 0 bridgehead atoms. The van der Waals surface area contributed by atoms with Gasteiger partial charge in [0, 0.05) is 12.4 Å². The Bertz CT molecular complexity index is 261. The van der Waals surface area contributed by atoms with Crippen LogP contribution in [0.15, 0.2) is 30.2 Å². The van der Waals surface area contributed by atoms with E-state index in [1.54, 1.807) is 6.20 Å². The number of rotatable bonds is 6. The Hall–Kier alpha value is -1.64. The van der Waals surface area contributed by atoms with Crippen molar-refractivity contribution in [3.8, 4) is 6.07 Å². The smallest absolute Gasteiger partial charge is 0.148 e. The molecule has 0 saturated heterocycles. The maximum absolute atomic E-state index is 8.70. The molecule has 0 rings (SSSR count). The number of nitriles is 1. The van der Waals surface area contributed by atoms with Crippen molar-refractivity contribution in [3.63, 3.8) is 0 Å². The van der Waals surface area contributed by atoms with Crippen molar-refractivity contribution in [3.05, 3.63) is 25.2 Å². The highest BCUT2D eigenvalue weighted by Crippen LogP contribution is 1.83. The molecular formula is C9H15N5. The number of nitrogens with two attached hydrogens (primary N) is 1. The maximum Gasteiger partial charge on any atom is 0.148 e. The lowest BCUT2D eigenvalue weighted by Gasteiger charge is -2.08. The van der Waals surface area contributed by atoms with Crippen molar-refractivity contribution in [2.75, 3.05) is 6.54 Å². The van der Waals surface area contributed by atoms with Gasteiger partial charge < -0.3 is 11.1 Å². The van der Waals surface area contributed by atoms with Gasteiger partial charge in [-0.1, -0.05) is 13.5 Å². The van der Waals surface area contributed by atoms with Crippen LogP contribution in [0.2, 0.25) is 0 Å². The molecule has 5 nitrogen and oxygen atoms in total. The largest absolute Gasteiger partial charge is 0.367 e. The van der Waals surface area contributed by atoms with Crippen molar-refractivity contribution >= 4 is 5.71 Å². The van der Waals surface area contributed by atoms with Crippen LogP contribution in [0.1, 0.15) is 6.92 Å². The van der Waals surface area contributed by atoms with Crippen molar-refractivity contribution in [1.29, 1.82) is 5.26 Å². The van der Waals surface area contributed by atoms with E-state index < -0.39 is 6.17 Å². The van der Waals surface area contributed by atoms with Crippen LogP contribution in [0.4, 0.5) is 0 Å². The van der Waals surface area contributed by atoms with Crippen LogP contribution >= 0.6 is 0 Å². The number of nitrogens with one attached hydrogen (secondary N) is 2. The summed E-state index contributed by atoms with van der Waals surface area (Å²) in [5.41, 5.74) is 5.86. The molecule has 0 amide bonds. The lowest BCUT2D eigenvalue weighted by molar-refractivity contribution is 0.667. The van der Waals surface area contributed by atoms with Gasteiger partial charge in [-0.15, -0.1) is 0 Å². The van der Waals surface area contributed by atoms with Gasteiger partial charge in [-0.05, 0) is 12.7 Å². The summed E-state index contributed by atoms with van der Waals surface area (Å²) in [6.07, 6.45) is 4.00. The molecule has 1 unspecified atom stereocenters. The molecule has 4 N–H and O–H groups in total. The van der Waals surface area contributed by atoms with Crippen LogP contribution < -0.4 is 16.4 Å². The quantitative estimate of drug-likeness (QED) is 0.411. The average Bonchev–Trinajstić information content (AvgIpc) is 2.18. The van der Waals surface area contributed by atoms with Crippen molar-refractivity contribution in [2.45, 2.75) is 13.1 Å². The lowest BCUT2D eigenvalue weighted by Crippen LogP contribution is -2.43. The standard InChI is InChI=1S/C9H15N5/c1-3-12-5-6-14-8(7-10)9(11)13-4-2/h3,5-6,9,12-13H,1,4,11H2,2H3/b6-5-,14-8?. The third-order valence-corrected chi connectivity index (χ3v) is 1.34. The summed E-state index contributed by atoms with van der Waals surface area (Å²) in [5.74, 6) is 0. The Morgan fingerprint density at radius 3 is 3.00 bits per heavy atom. The van der Waals surface area contributed by atoms with E-state index in [1.165, 1.54) is 12.4 Å². The zero-order chi connectivity index (χ0) is 10.8. The number of hydrogen-bond donors (Lipinski definition) is 3. The van der Waals surface area contributed by atoms with E-state index >= 15 is 0 Å². The predicted molar refractivity (Wildman–Crippen MR) is 57.2 cm³/mol. The SMILES string of the molecule is C=CN/C=C\N=C(C#N)C(N)NCC. The van der Waals surface area contributed by atoms with Gasteiger partial charge in [0.25, 0.3) is 0 Å². The summed E-state index contributed by atoms with van der Waals surface area (Å²) in [6, 6.07) is 1.92. The number of nitrogens with zero attached hydrogens (tertiary/aromatic N) is 2. The average molecular weight is 193 g/mol. The predicted octanol–water partition coefficient (Wildman–Crippen LogP) is 0.0496. The van der Waals surface area contributed by atoms with Crippen LogP contribution in [-0.4, -0.2) is 18.4 Å². The molecule has 5 heteroatoms. The van der Waals surface area contributed by atoms with Crippen molar-refractivity contribution in [2.24, 2.45) is 10.7 Å². The van der Waals surface area contributed by atoms with Crippen LogP contribution in [0.5, 0.6) is 0 Å². The summed E-state index contributed by atoms with van der Waals surface area (Å²) in [6.45, 7) is 6.05. The van der Waals surface area contributed by atoms with Crippen LogP contribution in [0.3, 0.4) is 0 Å². The van der Waals surface area contributed by atoms with E-state index in [2.05, 4.69) is 22.2 Å². The fourth-order valence-corrected chi connectivity index (χ4v) is 0.724. The van der Waals surface area contributed by atoms with E-state index in [1.807, 2.05) is 13.0 Å². The highest BCUT2D eigenvalue weighted by atomic mass is 15.0. The topological polar surface area (TPSA) is 86.2 Å². The molecule has 1 atom stereocenters. The summed E-state index contributed by atoms with van der Waals surface area (Å²) in [4.78, 5) is 3.88. The lowest BCUT2D eigenvalue weighted by atomic mass is 10.3. The molecule has 0 aromatic carbocycles. The number of aliphatic imine (C=N–C) groups is 1. The van der Waals surface area contributed by atoms with E-state index in [0.717, 1.165) is 0 Å². The molecule has 0 aliphatic heterocycles. The second-order valence-corrected chi connectivity index (χ2v) is 2.35. The third-order valence-electron chi connectivity index (χ3n) is 1.34. The molecule has 14 heavy (non-hydrogen) atoms. The first-order chi connectivity index (χ1) is 6.76. The van der Waals surface area contributed by atoms with E-state index in [-0.39, 0.29) is 5.71 Å². The summed E-state index contributed by atoms with van der Waals surface area (Å²) < 4.78 is 0. The molecule has 0 radical (unpaired) electrons. The second-order valence-electron chi connectivity index (χ2n) is 2.35. The van der Waals surface area contributed by atoms with Crippen LogP contribution in [-0.2, 0) is 0 Å². The Balaban J connectivity index is 4.25. The molecule has 0 aliphatic carbocycles. The van der Waals surface area contributed by atoms with Crippen molar-refractivity contribution in [1.82, 2.24) is 10.6 Å². The monoisotopic (exact) mass is 193 g/mol. The highest BCUT2D eigenvalue weighted by Gasteiger charge is 2.06. The summed E-state index contributed by atoms with van der Waals surface area (Å²) >= 11 is 0. The minimum atomic E-state index is -0.515. The minimum absolute atomic E-state index is 0.244. The fraction of sp³-hybridized carbons (Fsp3) is 0.333. The highest BCUT2D eigenvalue weighted by molar-refractivity contribution is 6.02. The van der Waals surface area contributed by atoms with E-state index in [9.17, 15) is 0 Å². The van der Waals surface area contributed by atoms with Gasteiger partial charge in [0.1, 0.15) is 17.9 Å². The number of hydrogen-bond acceptors (Lipinski definition) is 5. The van der Waals surface area contributed by atoms with Crippen LogP contribution in [0.25, 0.3) is 0 Å². The maximum atomic E-state index is 8.70. The molecule has 0 aromatic rings. The first kappa shape index (κ1) is 12.4. The van der Waals surface area contributed by atoms with Gasteiger partial charge in [0.2, 0.25) is 0 Å². The van der Waals surface area contributed by atoms with Crippen molar-refractivity contribution < 1.29 is 0 Å². The zero-order valence-corrected chi connectivity index (χ0v) is 8.20. The van der Waals surface area contributed by atoms with Gasteiger partial charge in [-0.3, -0.25) is 5.32 Å². The Kier molecular flexibility index (Phi) is 7.05.